The number of hydrogen-bond acceptors (Lipinski definition) is 5. The van der Waals surface area contributed by atoms with Crippen LogP contribution in [0.1, 0.15) is 28.6 Å². The summed E-state index contributed by atoms with van der Waals surface area (Å²) in [6, 6.07) is 4.70. The van der Waals surface area contributed by atoms with Gasteiger partial charge in [0.1, 0.15) is 0 Å². The molecule has 0 saturated carbocycles. The van der Waals surface area contributed by atoms with Crippen molar-refractivity contribution in [2.24, 2.45) is 0 Å². The summed E-state index contributed by atoms with van der Waals surface area (Å²) in [6.45, 7) is 5.14. The van der Waals surface area contributed by atoms with Crippen LogP contribution in [0.15, 0.2) is 23.0 Å². The molecule has 4 nitrogen and oxygen atoms in total. The Morgan fingerprint density at radius 3 is 3.00 bits per heavy atom. The van der Waals surface area contributed by atoms with Crippen LogP contribution in [0.5, 0.6) is 0 Å². The van der Waals surface area contributed by atoms with Crippen LogP contribution in [0.4, 0.5) is 0 Å². The third-order valence-electron chi connectivity index (χ3n) is 2.38. The molecular formula is C11H15N3OS. The largest absolute Gasteiger partial charge is 0.340 e. The van der Waals surface area contributed by atoms with E-state index < -0.39 is 0 Å². The molecule has 0 aliphatic rings. The second kappa shape index (κ2) is 5.23. The van der Waals surface area contributed by atoms with E-state index in [1.54, 1.807) is 0 Å². The number of rotatable bonds is 5. The highest BCUT2D eigenvalue weighted by Gasteiger charge is 2.07. The molecule has 1 N–H and O–H groups in total. The summed E-state index contributed by atoms with van der Waals surface area (Å²) >= 11 is 1.83. The van der Waals surface area contributed by atoms with Crippen molar-refractivity contribution in [2.45, 2.75) is 26.3 Å². The minimum absolute atomic E-state index is 0.377. The monoisotopic (exact) mass is 237 g/mol. The third-order valence-corrected chi connectivity index (χ3v) is 3.57. The van der Waals surface area contributed by atoms with Gasteiger partial charge in [-0.15, -0.1) is 11.3 Å². The number of nitrogens with one attached hydrogen (secondary N) is 1. The fourth-order valence-electron chi connectivity index (χ4n) is 1.49. The molecule has 0 aliphatic carbocycles. The van der Waals surface area contributed by atoms with Gasteiger partial charge in [0.05, 0.1) is 0 Å². The maximum absolute atomic E-state index is 4.93. The van der Waals surface area contributed by atoms with Crippen LogP contribution < -0.4 is 5.32 Å². The zero-order valence-electron chi connectivity index (χ0n) is 9.43. The van der Waals surface area contributed by atoms with Gasteiger partial charge in [-0.25, -0.2) is 0 Å². The molecule has 0 saturated heterocycles. The Balaban J connectivity index is 1.78. The van der Waals surface area contributed by atoms with Crippen LogP contribution in [0.25, 0.3) is 0 Å². The fourth-order valence-corrected chi connectivity index (χ4v) is 2.39. The first kappa shape index (κ1) is 11.3. The Kier molecular flexibility index (Phi) is 3.69. The Bertz CT molecular complexity index is 424. The first-order valence-electron chi connectivity index (χ1n) is 5.31. The summed E-state index contributed by atoms with van der Waals surface area (Å²) in [5, 5.41) is 7.00. The molecular weight excluding hydrogens is 222 g/mol. The molecule has 16 heavy (non-hydrogen) atoms. The van der Waals surface area contributed by atoms with Crippen molar-refractivity contribution in [2.75, 3.05) is 6.54 Å². The Hall–Kier alpha value is -1.20. The van der Waals surface area contributed by atoms with Gasteiger partial charge in [-0.05, 0) is 26.0 Å². The molecule has 2 heterocycles. The topological polar surface area (TPSA) is 51.0 Å². The first-order chi connectivity index (χ1) is 7.75. The van der Waals surface area contributed by atoms with Gasteiger partial charge in [0.25, 0.3) is 0 Å². The predicted molar refractivity (Wildman–Crippen MR) is 63.5 cm³/mol. The minimum Gasteiger partial charge on any atom is -0.340 e. The van der Waals surface area contributed by atoms with E-state index in [2.05, 4.69) is 41.4 Å². The average molecular weight is 237 g/mol. The summed E-state index contributed by atoms with van der Waals surface area (Å²) in [7, 11) is 0. The maximum Gasteiger partial charge on any atom is 0.227 e. The van der Waals surface area contributed by atoms with E-state index in [-0.39, 0.29) is 0 Å². The molecule has 86 valence electrons. The van der Waals surface area contributed by atoms with Crippen LogP contribution in [-0.4, -0.2) is 16.7 Å². The van der Waals surface area contributed by atoms with Crippen molar-refractivity contribution < 1.29 is 4.52 Å². The SMILES string of the molecule is Cc1ccc(C(C)NCCc2ncno2)s1. The molecule has 0 spiro atoms. The molecule has 1 atom stereocenters. The van der Waals surface area contributed by atoms with Gasteiger partial charge in [0, 0.05) is 28.8 Å². The van der Waals surface area contributed by atoms with E-state index in [1.807, 2.05) is 11.3 Å². The number of nitrogens with zero attached hydrogens (tertiary/aromatic N) is 2. The molecule has 2 rings (SSSR count). The minimum atomic E-state index is 0.377. The second-order valence-corrected chi connectivity index (χ2v) is 5.03. The van der Waals surface area contributed by atoms with Crippen molar-refractivity contribution >= 4 is 11.3 Å². The highest BCUT2D eigenvalue weighted by Crippen LogP contribution is 2.21. The van der Waals surface area contributed by atoms with Gasteiger partial charge in [-0.2, -0.15) is 4.98 Å². The lowest BCUT2D eigenvalue weighted by molar-refractivity contribution is 0.373. The van der Waals surface area contributed by atoms with Crippen molar-refractivity contribution in [1.82, 2.24) is 15.5 Å². The quantitative estimate of drug-likeness (QED) is 0.867. The van der Waals surface area contributed by atoms with Crippen molar-refractivity contribution in [3.8, 4) is 0 Å². The lowest BCUT2D eigenvalue weighted by Gasteiger charge is -2.10. The number of thiophene rings is 1. The molecule has 1 unspecified atom stereocenters. The third kappa shape index (κ3) is 2.90. The van der Waals surface area contributed by atoms with Gasteiger partial charge >= 0.3 is 0 Å². The van der Waals surface area contributed by atoms with Crippen LogP contribution in [0.2, 0.25) is 0 Å². The van der Waals surface area contributed by atoms with E-state index in [4.69, 9.17) is 4.52 Å². The van der Waals surface area contributed by atoms with Crippen LogP contribution in [0, 0.1) is 6.92 Å². The number of hydrogen-bond donors (Lipinski definition) is 1. The van der Waals surface area contributed by atoms with E-state index in [0.29, 0.717) is 11.9 Å². The van der Waals surface area contributed by atoms with Crippen LogP contribution >= 0.6 is 11.3 Å². The molecule has 0 radical (unpaired) electrons. The molecule has 0 amide bonds. The lowest BCUT2D eigenvalue weighted by atomic mass is 10.2. The van der Waals surface area contributed by atoms with E-state index in [9.17, 15) is 0 Å². The summed E-state index contributed by atoms with van der Waals surface area (Å²) < 4.78 is 4.93. The van der Waals surface area contributed by atoms with Crippen molar-refractivity contribution in [3.05, 3.63) is 34.1 Å². The molecule has 0 aliphatic heterocycles. The molecule has 2 aromatic heterocycles. The van der Waals surface area contributed by atoms with Gasteiger partial charge in [-0.1, -0.05) is 5.16 Å². The highest BCUT2D eigenvalue weighted by molar-refractivity contribution is 7.12. The first-order valence-corrected chi connectivity index (χ1v) is 6.12. The van der Waals surface area contributed by atoms with Gasteiger partial charge in [0.2, 0.25) is 5.89 Å². The maximum atomic E-state index is 4.93. The van der Waals surface area contributed by atoms with Crippen molar-refractivity contribution in [3.63, 3.8) is 0 Å². The van der Waals surface area contributed by atoms with E-state index >= 15 is 0 Å². The molecule has 5 heteroatoms. The van der Waals surface area contributed by atoms with Crippen LogP contribution in [-0.2, 0) is 6.42 Å². The standard InChI is InChI=1S/C11H15N3OS/c1-8-3-4-10(16-8)9(2)12-6-5-11-13-7-14-15-11/h3-4,7,9,12H,5-6H2,1-2H3. The Labute approximate surface area is 98.7 Å². The lowest BCUT2D eigenvalue weighted by Crippen LogP contribution is -2.20. The summed E-state index contributed by atoms with van der Waals surface area (Å²) in [6.07, 6.45) is 2.20. The van der Waals surface area contributed by atoms with Crippen molar-refractivity contribution in [1.29, 1.82) is 0 Å². The Morgan fingerprint density at radius 2 is 2.38 bits per heavy atom. The summed E-state index contributed by atoms with van der Waals surface area (Å²) in [5.74, 6) is 0.682. The molecule has 0 aromatic carbocycles. The zero-order valence-corrected chi connectivity index (χ0v) is 10.3. The second-order valence-electron chi connectivity index (χ2n) is 3.71. The van der Waals surface area contributed by atoms with Gasteiger partial charge in [-0.3, -0.25) is 0 Å². The average Bonchev–Trinajstić information content (AvgIpc) is 2.89. The van der Waals surface area contributed by atoms with Gasteiger partial charge < -0.3 is 9.84 Å². The van der Waals surface area contributed by atoms with Crippen LogP contribution in [0.3, 0.4) is 0 Å². The predicted octanol–water partition coefficient (Wildman–Crippen LogP) is 2.33. The fraction of sp³-hybridized carbons (Fsp3) is 0.455. The Morgan fingerprint density at radius 1 is 1.50 bits per heavy atom. The number of aromatic nitrogens is 2. The number of aryl methyl sites for hydroxylation is 1. The molecule has 0 bridgehead atoms. The smallest absolute Gasteiger partial charge is 0.227 e. The normalized spacial score (nSPS) is 12.9. The van der Waals surface area contributed by atoms with E-state index in [1.165, 1.54) is 16.1 Å². The summed E-state index contributed by atoms with van der Waals surface area (Å²) in [5.41, 5.74) is 0. The van der Waals surface area contributed by atoms with Gasteiger partial charge in [0.15, 0.2) is 6.33 Å². The highest BCUT2D eigenvalue weighted by atomic mass is 32.1. The van der Waals surface area contributed by atoms with E-state index in [0.717, 1.165) is 13.0 Å². The summed E-state index contributed by atoms with van der Waals surface area (Å²) in [4.78, 5) is 6.69. The molecule has 2 aromatic rings. The zero-order chi connectivity index (χ0) is 11.4. The molecule has 0 fully saturated rings.